The second kappa shape index (κ2) is 7.70. The normalized spacial score (nSPS) is 10.4. The van der Waals surface area contributed by atoms with Crippen molar-refractivity contribution in [3.63, 3.8) is 0 Å². The van der Waals surface area contributed by atoms with Crippen molar-refractivity contribution < 1.29 is 9.47 Å². The predicted molar refractivity (Wildman–Crippen MR) is 86.2 cm³/mol. The van der Waals surface area contributed by atoms with Crippen LogP contribution in [0.4, 0.5) is 0 Å². The first-order valence-corrected chi connectivity index (χ1v) is 7.38. The van der Waals surface area contributed by atoms with Crippen LogP contribution in [0.3, 0.4) is 0 Å². The molecule has 0 aromatic heterocycles. The summed E-state index contributed by atoms with van der Waals surface area (Å²) in [4.78, 5) is 0. The summed E-state index contributed by atoms with van der Waals surface area (Å²) < 4.78 is 11.8. The lowest BCUT2D eigenvalue weighted by Gasteiger charge is -2.14. The minimum Gasteiger partial charge on any atom is -0.490 e. The molecule has 0 fully saturated rings. The maximum Gasteiger partial charge on any atom is 0.169 e. The Bertz CT molecular complexity index is 581. The maximum absolute atomic E-state index is 6.03. The van der Waals surface area contributed by atoms with Crippen LogP contribution in [-0.2, 0) is 6.54 Å². The highest BCUT2D eigenvalue weighted by molar-refractivity contribution is 5.45. The number of aryl methyl sites for hydroxylation is 1. The fourth-order valence-corrected chi connectivity index (χ4v) is 2.12. The van der Waals surface area contributed by atoms with E-state index in [2.05, 4.69) is 31.3 Å². The molecule has 0 spiro atoms. The minimum absolute atomic E-state index is 0.695. The number of hydrogen-bond acceptors (Lipinski definition) is 3. The highest BCUT2D eigenvalue weighted by atomic mass is 16.5. The molecule has 0 bridgehead atoms. The molecule has 3 nitrogen and oxygen atoms in total. The molecule has 1 N–H and O–H groups in total. The first-order valence-electron chi connectivity index (χ1n) is 7.38. The van der Waals surface area contributed by atoms with Crippen molar-refractivity contribution >= 4 is 0 Å². The van der Waals surface area contributed by atoms with E-state index >= 15 is 0 Å². The van der Waals surface area contributed by atoms with E-state index in [1.807, 2.05) is 37.4 Å². The van der Waals surface area contributed by atoms with Crippen LogP contribution in [0.15, 0.2) is 42.5 Å². The van der Waals surface area contributed by atoms with Crippen LogP contribution in [0, 0.1) is 6.92 Å². The van der Waals surface area contributed by atoms with Crippen LogP contribution >= 0.6 is 0 Å². The lowest BCUT2D eigenvalue weighted by Crippen LogP contribution is -2.05. The Labute approximate surface area is 126 Å². The third-order valence-electron chi connectivity index (χ3n) is 3.15. The van der Waals surface area contributed by atoms with Gasteiger partial charge in [0, 0.05) is 6.54 Å². The van der Waals surface area contributed by atoms with Gasteiger partial charge >= 0.3 is 0 Å². The van der Waals surface area contributed by atoms with E-state index in [0.29, 0.717) is 6.61 Å². The summed E-state index contributed by atoms with van der Waals surface area (Å²) in [5.41, 5.74) is 2.37. The standard InChI is InChI=1S/C18H23NO2/c1-4-11-20-17-7-5-6-8-18(17)21-16-10-9-15(13-19-3)12-14(16)2/h5-10,12,19H,4,11,13H2,1-3H3. The molecular formula is C18H23NO2. The summed E-state index contributed by atoms with van der Waals surface area (Å²) in [7, 11) is 1.95. The lowest BCUT2D eigenvalue weighted by atomic mass is 10.1. The van der Waals surface area contributed by atoms with Gasteiger partial charge < -0.3 is 14.8 Å². The third kappa shape index (κ3) is 4.23. The van der Waals surface area contributed by atoms with E-state index in [1.54, 1.807) is 0 Å². The fourth-order valence-electron chi connectivity index (χ4n) is 2.12. The van der Waals surface area contributed by atoms with Gasteiger partial charge in [0.15, 0.2) is 11.5 Å². The Hall–Kier alpha value is -2.00. The number of para-hydroxylation sites is 2. The highest BCUT2D eigenvalue weighted by Gasteiger charge is 2.07. The molecule has 0 unspecified atom stereocenters. The molecule has 21 heavy (non-hydrogen) atoms. The smallest absolute Gasteiger partial charge is 0.169 e. The van der Waals surface area contributed by atoms with Gasteiger partial charge in [0.2, 0.25) is 0 Å². The Morgan fingerprint density at radius 3 is 2.43 bits per heavy atom. The molecule has 2 aromatic rings. The molecule has 2 rings (SSSR count). The largest absolute Gasteiger partial charge is 0.490 e. The third-order valence-corrected chi connectivity index (χ3v) is 3.15. The number of rotatable bonds is 7. The molecule has 3 heteroatoms. The van der Waals surface area contributed by atoms with Crippen molar-refractivity contribution in [3.8, 4) is 17.2 Å². The Morgan fingerprint density at radius 1 is 1.00 bits per heavy atom. The first kappa shape index (κ1) is 15.4. The molecule has 0 aliphatic carbocycles. The SMILES string of the molecule is CCCOc1ccccc1Oc1ccc(CNC)cc1C. The molecule has 112 valence electrons. The maximum atomic E-state index is 6.03. The topological polar surface area (TPSA) is 30.5 Å². The van der Waals surface area contributed by atoms with Gasteiger partial charge in [0.05, 0.1) is 6.61 Å². The molecule has 0 aliphatic rings. The molecule has 0 amide bonds. The first-order chi connectivity index (χ1) is 10.2. The minimum atomic E-state index is 0.695. The Kier molecular flexibility index (Phi) is 5.64. The van der Waals surface area contributed by atoms with Gasteiger partial charge in [-0.2, -0.15) is 0 Å². The molecule has 0 aliphatic heterocycles. The van der Waals surface area contributed by atoms with Crippen LogP contribution in [-0.4, -0.2) is 13.7 Å². The number of nitrogens with one attached hydrogen (secondary N) is 1. The Morgan fingerprint density at radius 2 is 1.76 bits per heavy atom. The zero-order valence-corrected chi connectivity index (χ0v) is 13.0. The second-order valence-corrected chi connectivity index (χ2v) is 5.03. The van der Waals surface area contributed by atoms with Gasteiger partial charge in [0.1, 0.15) is 5.75 Å². The molecule has 2 aromatic carbocycles. The van der Waals surface area contributed by atoms with E-state index in [0.717, 1.165) is 35.8 Å². The second-order valence-electron chi connectivity index (χ2n) is 5.03. The molecule has 0 saturated heterocycles. The number of hydrogen-bond donors (Lipinski definition) is 1. The van der Waals surface area contributed by atoms with Gasteiger partial charge in [-0.1, -0.05) is 31.2 Å². The van der Waals surface area contributed by atoms with Crippen molar-refractivity contribution in [2.75, 3.05) is 13.7 Å². The Balaban J connectivity index is 2.18. The van der Waals surface area contributed by atoms with Gasteiger partial charge in [-0.15, -0.1) is 0 Å². The highest BCUT2D eigenvalue weighted by Crippen LogP contribution is 2.33. The summed E-state index contributed by atoms with van der Waals surface area (Å²) >= 11 is 0. The average molecular weight is 285 g/mol. The quantitative estimate of drug-likeness (QED) is 0.823. The van der Waals surface area contributed by atoms with Crippen LogP contribution in [0.1, 0.15) is 24.5 Å². The summed E-state index contributed by atoms with van der Waals surface area (Å²) in [5.74, 6) is 2.41. The molecular weight excluding hydrogens is 262 g/mol. The van der Waals surface area contributed by atoms with Gasteiger partial charge in [-0.3, -0.25) is 0 Å². The van der Waals surface area contributed by atoms with Crippen LogP contribution < -0.4 is 14.8 Å². The van der Waals surface area contributed by atoms with Crippen molar-refractivity contribution in [1.82, 2.24) is 5.32 Å². The van der Waals surface area contributed by atoms with E-state index in [4.69, 9.17) is 9.47 Å². The molecule has 0 saturated carbocycles. The van der Waals surface area contributed by atoms with Gasteiger partial charge in [-0.25, -0.2) is 0 Å². The predicted octanol–water partition coefficient (Wildman–Crippen LogP) is 4.30. The summed E-state index contributed by atoms with van der Waals surface area (Å²) in [6.07, 6.45) is 0.978. The van der Waals surface area contributed by atoms with Crippen LogP contribution in [0.2, 0.25) is 0 Å². The van der Waals surface area contributed by atoms with Gasteiger partial charge in [0.25, 0.3) is 0 Å². The van der Waals surface area contributed by atoms with Crippen molar-refractivity contribution in [1.29, 1.82) is 0 Å². The fraction of sp³-hybridized carbons (Fsp3) is 0.333. The zero-order valence-electron chi connectivity index (χ0n) is 13.0. The van der Waals surface area contributed by atoms with E-state index in [-0.39, 0.29) is 0 Å². The molecule has 0 radical (unpaired) electrons. The molecule has 0 heterocycles. The van der Waals surface area contributed by atoms with E-state index < -0.39 is 0 Å². The molecule has 0 atom stereocenters. The van der Waals surface area contributed by atoms with Crippen molar-refractivity contribution in [3.05, 3.63) is 53.6 Å². The van der Waals surface area contributed by atoms with E-state index in [1.165, 1.54) is 5.56 Å². The number of ether oxygens (including phenoxy) is 2. The van der Waals surface area contributed by atoms with Crippen molar-refractivity contribution in [2.24, 2.45) is 0 Å². The van der Waals surface area contributed by atoms with Crippen molar-refractivity contribution in [2.45, 2.75) is 26.8 Å². The average Bonchev–Trinajstić information content (AvgIpc) is 2.49. The van der Waals surface area contributed by atoms with E-state index in [9.17, 15) is 0 Å². The van der Waals surface area contributed by atoms with Crippen LogP contribution in [0.25, 0.3) is 0 Å². The monoisotopic (exact) mass is 285 g/mol. The lowest BCUT2D eigenvalue weighted by molar-refractivity contribution is 0.302. The number of benzene rings is 2. The zero-order chi connectivity index (χ0) is 15.1. The summed E-state index contributed by atoms with van der Waals surface area (Å²) in [6, 6.07) is 14.0. The van der Waals surface area contributed by atoms with Crippen LogP contribution in [0.5, 0.6) is 17.2 Å². The summed E-state index contributed by atoms with van der Waals surface area (Å²) in [5, 5.41) is 3.15. The summed E-state index contributed by atoms with van der Waals surface area (Å²) in [6.45, 7) is 5.70. The van der Waals surface area contributed by atoms with Gasteiger partial charge in [-0.05, 0) is 49.7 Å².